The first-order chi connectivity index (χ1) is 17.7. The van der Waals surface area contributed by atoms with Gasteiger partial charge in [-0.2, -0.15) is 0 Å². The summed E-state index contributed by atoms with van der Waals surface area (Å²) in [4.78, 5) is 26.1. The second-order valence-corrected chi connectivity index (χ2v) is 9.75. The van der Waals surface area contributed by atoms with Crippen molar-refractivity contribution in [3.63, 3.8) is 0 Å². The van der Waals surface area contributed by atoms with Crippen molar-refractivity contribution in [2.75, 3.05) is 11.9 Å². The third-order valence-corrected chi connectivity index (χ3v) is 7.12. The number of benzene rings is 3. The Morgan fingerprint density at radius 3 is 2.33 bits per heavy atom. The molecule has 2 aromatic heterocycles. The van der Waals surface area contributed by atoms with Crippen LogP contribution in [0.4, 0.5) is 5.13 Å². The molecular formula is C28H24N6OS. The van der Waals surface area contributed by atoms with Gasteiger partial charge in [-0.3, -0.25) is 15.0 Å². The van der Waals surface area contributed by atoms with Gasteiger partial charge < -0.3 is 0 Å². The minimum absolute atomic E-state index is 0.108. The fraction of sp³-hybridized carbons (Fsp3) is 0.143. The maximum absolute atomic E-state index is 13.2. The molecule has 0 spiro atoms. The Bertz CT molecular complexity index is 1420. The molecular weight excluding hydrogens is 468 g/mol. The predicted octanol–water partition coefficient (Wildman–Crippen LogP) is 5.20. The van der Waals surface area contributed by atoms with Crippen molar-refractivity contribution in [2.45, 2.75) is 19.5 Å². The SMILES string of the molecule is O=C(Nc1nc2c(s1)CN(Cc1ccccc1)CC2)c1nc(-c2ccccc2)n(-c2ccccc2)n1. The van der Waals surface area contributed by atoms with Crippen molar-refractivity contribution < 1.29 is 4.79 Å². The van der Waals surface area contributed by atoms with E-state index in [1.807, 2.05) is 66.7 Å². The smallest absolute Gasteiger partial charge is 0.295 e. The molecule has 0 fully saturated rings. The van der Waals surface area contributed by atoms with E-state index in [1.54, 1.807) is 4.68 Å². The lowest BCUT2D eigenvalue weighted by Crippen LogP contribution is -2.29. The lowest BCUT2D eigenvalue weighted by atomic mass is 10.1. The van der Waals surface area contributed by atoms with Crippen molar-refractivity contribution in [3.05, 3.63) is 113 Å². The Balaban J connectivity index is 1.22. The Morgan fingerprint density at radius 1 is 0.889 bits per heavy atom. The van der Waals surface area contributed by atoms with Gasteiger partial charge in [0, 0.05) is 36.5 Å². The molecule has 1 aliphatic rings. The van der Waals surface area contributed by atoms with Gasteiger partial charge in [0.25, 0.3) is 5.91 Å². The summed E-state index contributed by atoms with van der Waals surface area (Å²) >= 11 is 1.53. The number of aromatic nitrogens is 4. The highest BCUT2D eigenvalue weighted by atomic mass is 32.1. The molecule has 1 amide bonds. The Kier molecular flexibility index (Phi) is 6.11. The molecule has 7 nitrogen and oxygen atoms in total. The highest BCUT2D eigenvalue weighted by Gasteiger charge is 2.24. The number of rotatable bonds is 6. The first-order valence-corrected chi connectivity index (χ1v) is 12.7. The summed E-state index contributed by atoms with van der Waals surface area (Å²) in [5, 5.41) is 8.08. The summed E-state index contributed by atoms with van der Waals surface area (Å²) in [7, 11) is 0. The van der Waals surface area contributed by atoms with E-state index < -0.39 is 0 Å². The van der Waals surface area contributed by atoms with E-state index in [9.17, 15) is 4.79 Å². The van der Waals surface area contributed by atoms with Crippen LogP contribution in [0.25, 0.3) is 17.1 Å². The van der Waals surface area contributed by atoms with Crippen LogP contribution in [0.1, 0.15) is 26.8 Å². The molecule has 3 heterocycles. The average molecular weight is 493 g/mol. The summed E-state index contributed by atoms with van der Waals surface area (Å²) in [6.07, 6.45) is 0.869. The van der Waals surface area contributed by atoms with Crippen molar-refractivity contribution in [1.29, 1.82) is 0 Å². The number of fused-ring (bicyclic) bond motifs is 1. The highest BCUT2D eigenvalue weighted by Crippen LogP contribution is 2.29. The van der Waals surface area contributed by atoms with Gasteiger partial charge in [-0.25, -0.2) is 14.6 Å². The molecule has 0 radical (unpaired) electrons. The van der Waals surface area contributed by atoms with Crippen LogP contribution >= 0.6 is 11.3 Å². The van der Waals surface area contributed by atoms with E-state index in [4.69, 9.17) is 4.98 Å². The molecule has 8 heteroatoms. The number of hydrogen-bond donors (Lipinski definition) is 1. The van der Waals surface area contributed by atoms with Crippen LogP contribution < -0.4 is 5.32 Å². The molecule has 0 aliphatic carbocycles. The van der Waals surface area contributed by atoms with Crippen molar-refractivity contribution in [1.82, 2.24) is 24.6 Å². The van der Waals surface area contributed by atoms with Crippen LogP contribution in [0.2, 0.25) is 0 Å². The Morgan fingerprint density at radius 2 is 1.58 bits per heavy atom. The van der Waals surface area contributed by atoms with Crippen LogP contribution in [0.3, 0.4) is 0 Å². The molecule has 3 aromatic carbocycles. The van der Waals surface area contributed by atoms with Crippen molar-refractivity contribution in [3.8, 4) is 17.1 Å². The number of hydrogen-bond acceptors (Lipinski definition) is 6. The zero-order valence-corrected chi connectivity index (χ0v) is 20.4. The van der Waals surface area contributed by atoms with Gasteiger partial charge in [0.2, 0.25) is 5.82 Å². The number of nitrogens with zero attached hydrogens (tertiary/aromatic N) is 5. The van der Waals surface area contributed by atoms with Gasteiger partial charge >= 0.3 is 0 Å². The van der Waals surface area contributed by atoms with Crippen molar-refractivity contribution >= 4 is 22.4 Å². The van der Waals surface area contributed by atoms with E-state index in [2.05, 4.69) is 44.6 Å². The maximum atomic E-state index is 13.2. The largest absolute Gasteiger partial charge is 0.297 e. The molecule has 1 aliphatic heterocycles. The van der Waals surface area contributed by atoms with Gasteiger partial charge in [0.05, 0.1) is 11.4 Å². The molecule has 5 aromatic rings. The number of para-hydroxylation sites is 1. The molecule has 0 unspecified atom stereocenters. The third kappa shape index (κ3) is 4.68. The second kappa shape index (κ2) is 9.85. The standard InChI is InChI=1S/C28H24N6OS/c35-27(25-30-26(21-12-6-2-7-13-21)34(32-25)22-14-8-3-9-15-22)31-28-29-23-16-17-33(19-24(23)36-28)18-20-10-4-1-5-11-20/h1-15H,16-19H2,(H,29,31,35). The van der Waals surface area contributed by atoms with Crippen LogP contribution in [0.15, 0.2) is 91.0 Å². The van der Waals surface area contributed by atoms with Gasteiger partial charge in [-0.05, 0) is 17.7 Å². The van der Waals surface area contributed by atoms with E-state index in [-0.39, 0.29) is 11.7 Å². The highest BCUT2D eigenvalue weighted by molar-refractivity contribution is 7.15. The van der Waals surface area contributed by atoms with Crippen LogP contribution in [-0.4, -0.2) is 37.1 Å². The zero-order valence-electron chi connectivity index (χ0n) is 19.5. The minimum atomic E-state index is -0.367. The third-order valence-electron chi connectivity index (χ3n) is 6.12. The summed E-state index contributed by atoms with van der Waals surface area (Å²) in [5.74, 6) is 0.354. The van der Waals surface area contributed by atoms with E-state index in [0.29, 0.717) is 11.0 Å². The Hall–Kier alpha value is -4.14. The summed E-state index contributed by atoms with van der Waals surface area (Å²) < 4.78 is 1.71. The number of carbonyl (C=O) groups is 1. The van der Waals surface area contributed by atoms with Gasteiger partial charge in [0.1, 0.15) is 0 Å². The lowest BCUT2D eigenvalue weighted by Gasteiger charge is -2.25. The molecule has 0 atom stereocenters. The minimum Gasteiger partial charge on any atom is -0.295 e. The van der Waals surface area contributed by atoms with Crippen LogP contribution in [0.5, 0.6) is 0 Å². The molecule has 6 rings (SSSR count). The van der Waals surface area contributed by atoms with Gasteiger partial charge in [-0.15, -0.1) is 16.4 Å². The second-order valence-electron chi connectivity index (χ2n) is 8.66. The Labute approximate surface area is 213 Å². The fourth-order valence-electron chi connectivity index (χ4n) is 4.36. The number of anilines is 1. The van der Waals surface area contributed by atoms with Gasteiger partial charge in [0.15, 0.2) is 11.0 Å². The zero-order chi connectivity index (χ0) is 24.3. The summed E-state index contributed by atoms with van der Waals surface area (Å²) in [5.41, 5.74) is 4.09. The maximum Gasteiger partial charge on any atom is 0.297 e. The number of carbonyl (C=O) groups excluding carboxylic acids is 1. The van der Waals surface area contributed by atoms with Crippen LogP contribution in [-0.2, 0) is 19.5 Å². The lowest BCUT2D eigenvalue weighted by molar-refractivity contribution is 0.101. The number of thiazole rings is 1. The van der Waals surface area contributed by atoms with E-state index in [0.717, 1.165) is 43.0 Å². The molecule has 0 bridgehead atoms. The molecule has 1 N–H and O–H groups in total. The molecule has 36 heavy (non-hydrogen) atoms. The number of nitrogens with one attached hydrogen (secondary N) is 1. The van der Waals surface area contributed by atoms with E-state index in [1.165, 1.54) is 21.8 Å². The van der Waals surface area contributed by atoms with Crippen LogP contribution in [0, 0.1) is 0 Å². The summed E-state index contributed by atoms with van der Waals surface area (Å²) in [6, 6.07) is 29.9. The van der Waals surface area contributed by atoms with E-state index >= 15 is 0 Å². The molecule has 0 saturated carbocycles. The molecule has 0 saturated heterocycles. The van der Waals surface area contributed by atoms with Gasteiger partial charge in [-0.1, -0.05) is 78.9 Å². The predicted molar refractivity (Wildman–Crippen MR) is 141 cm³/mol. The topological polar surface area (TPSA) is 75.9 Å². The first-order valence-electron chi connectivity index (χ1n) is 11.9. The number of amides is 1. The average Bonchev–Trinajstić information content (AvgIpc) is 3.54. The normalized spacial score (nSPS) is 13.3. The van der Waals surface area contributed by atoms with Crippen molar-refractivity contribution in [2.24, 2.45) is 0 Å². The fourth-order valence-corrected chi connectivity index (χ4v) is 5.41. The molecule has 178 valence electrons. The monoisotopic (exact) mass is 492 g/mol. The quantitative estimate of drug-likeness (QED) is 0.353. The first kappa shape index (κ1) is 22.3. The summed E-state index contributed by atoms with van der Waals surface area (Å²) in [6.45, 7) is 2.68.